The Hall–Kier alpha value is -1.55. The highest BCUT2D eigenvalue weighted by molar-refractivity contribution is 5.76. The smallest absolute Gasteiger partial charge is 0.222 e. The summed E-state index contributed by atoms with van der Waals surface area (Å²) in [6, 6.07) is 8.50. The Kier molecular flexibility index (Phi) is 5.55. The number of piperidine rings is 1. The van der Waals surface area contributed by atoms with Gasteiger partial charge in [0.2, 0.25) is 5.91 Å². The molecule has 126 valence electrons. The van der Waals surface area contributed by atoms with Crippen LogP contribution in [0, 0.1) is 0 Å². The van der Waals surface area contributed by atoms with E-state index in [1.807, 2.05) is 17.0 Å². The molecule has 2 aliphatic rings. The van der Waals surface area contributed by atoms with E-state index in [4.69, 9.17) is 10.5 Å². The standard InChI is InChI=1S/C19H28N2O2/c20-16-10-12-21(13-11-16)19(22)9-8-15-4-3-7-18(14-15)23-17-5-1-2-6-17/h3-4,7,14,16-17H,1-2,5-6,8-13,20H2. The van der Waals surface area contributed by atoms with Gasteiger partial charge >= 0.3 is 0 Å². The number of nitrogens with zero attached hydrogens (tertiary/aromatic N) is 1. The molecule has 23 heavy (non-hydrogen) atoms. The number of carbonyl (C=O) groups is 1. The zero-order valence-corrected chi connectivity index (χ0v) is 13.9. The van der Waals surface area contributed by atoms with E-state index in [-0.39, 0.29) is 11.9 Å². The summed E-state index contributed by atoms with van der Waals surface area (Å²) in [4.78, 5) is 14.3. The number of likely N-dealkylation sites (tertiary alicyclic amines) is 1. The lowest BCUT2D eigenvalue weighted by Crippen LogP contribution is -2.42. The Labute approximate surface area is 139 Å². The highest BCUT2D eigenvalue weighted by Gasteiger charge is 2.20. The Balaban J connectivity index is 1.48. The van der Waals surface area contributed by atoms with Crippen LogP contribution >= 0.6 is 0 Å². The Morgan fingerprint density at radius 2 is 1.91 bits per heavy atom. The van der Waals surface area contributed by atoms with Crippen molar-refractivity contribution >= 4 is 5.91 Å². The van der Waals surface area contributed by atoms with E-state index >= 15 is 0 Å². The second kappa shape index (κ2) is 7.82. The topological polar surface area (TPSA) is 55.6 Å². The van der Waals surface area contributed by atoms with Crippen LogP contribution in [0.1, 0.15) is 50.5 Å². The Bertz CT molecular complexity index is 518. The molecule has 0 atom stereocenters. The highest BCUT2D eigenvalue weighted by Crippen LogP contribution is 2.25. The van der Waals surface area contributed by atoms with E-state index < -0.39 is 0 Å². The summed E-state index contributed by atoms with van der Waals surface area (Å²) in [5, 5.41) is 0. The highest BCUT2D eigenvalue weighted by atomic mass is 16.5. The second-order valence-corrected chi connectivity index (χ2v) is 6.89. The normalized spacial score (nSPS) is 20.0. The van der Waals surface area contributed by atoms with Crippen LogP contribution in [-0.4, -0.2) is 36.0 Å². The van der Waals surface area contributed by atoms with Crippen LogP contribution in [0.5, 0.6) is 5.75 Å². The molecule has 1 amide bonds. The predicted molar refractivity (Wildman–Crippen MR) is 91.4 cm³/mol. The minimum atomic E-state index is 0.249. The van der Waals surface area contributed by atoms with Gasteiger partial charge in [0, 0.05) is 25.6 Å². The van der Waals surface area contributed by atoms with Gasteiger partial charge < -0.3 is 15.4 Å². The predicted octanol–water partition coefficient (Wildman–Crippen LogP) is 2.89. The van der Waals surface area contributed by atoms with E-state index in [1.54, 1.807) is 0 Å². The van der Waals surface area contributed by atoms with E-state index in [0.29, 0.717) is 12.5 Å². The third-order valence-corrected chi connectivity index (χ3v) is 5.02. The maximum Gasteiger partial charge on any atom is 0.222 e. The Morgan fingerprint density at radius 3 is 2.65 bits per heavy atom. The summed E-state index contributed by atoms with van der Waals surface area (Å²) < 4.78 is 6.04. The summed E-state index contributed by atoms with van der Waals surface area (Å²) in [6.07, 6.45) is 8.47. The van der Waals surface area contributed by atoms with Gasteiger partial charge in [0.25, 0.3) is 0 Å². The van der Waals surface area contributed by atoms with Gasteiger partial charge in [0.05, 0.1) is 6.10 Å². The van der Waals surface area contributed by atoms with Gasteiger partial charge in [-0.2, -0.15) is 0 Å². The molecule has 1 aromatic carbocycles. The number of hydrogen-bond donors (Lipinski definition) is 1. The molecule has 1 saturated carbocycles. The molecule has 1 aliphatic heterocycles. The van der Waals surface area contributed by atoms with Crippen molar-refractivity contribution in [2.24, 2.45) is 5.73 Å². The van der Waals surface area contributed by atoms with Crippen molar-refractivity contribution in [1.29, 1.82) is 0 Å². The first-order chi connectivity index (χ1) is 11.2. The fourth-order valence-electron chi connectivity index (χ4n) is 3.53. The number of carbonyl (C=O) groups excluding carboxylic acids is 1. The van der Waals surface area contributed by atoms with Crippen molar-refractivity contribution in [2.75, 3.05) is 13.1 Å². The fraction of sp³-hybridized carbons (Fsp3) is 0.632. The van der Waals surface area contributed by atoms with Crippen LogP contribution in [0.15, 0.2) is 24.3 Å². The van der Waals surface area contributed by atoms with Crippen molar-refractivity contribution in [3.63, 3.8) is 0 Å². The van der Waals surface area contributed by atoms with Gasteiger partial charge in [0.1, 0.15) is 5.75 Å². The minimum absolute atomic E-state index is 0.249. The van der Waals surface area contributed by atoms with Crippen LogP contribution in [0.3, 0.4) is 0 Å². The van der Waals surface area contributed by atoms with Gasteiger partial charge in [-0.1, -0.05) is 12.1 Å². The molecule has 1 saturated heterocycles. The van der Waals surface area contributed by atoms with Gasteiger partial charge in [-0.25, -0.2) is 0 Å². The average Bonchev–Trinajstić information content (AvgIpc) is 3.07. The lowest BCUT2D eigenvalue weighted by molar-refractivity contribution is -0.132. The second-order valence-electron chi connectivity index (χ2n) is 6.89. The van der Waals surface area contributed by atoms with Gasteiger partial charge in [-0.3, -0.25) is 4.79 Å². The van der Waals surface area contributed by atoms with Crippen LogP contribution in [0.25, 0.3) is 0 Å². The van der Waals surface area contributed by atoms with Gasteiger partial charge in [-0.05, 0) is 62.6 Å². The molecule has 1 aliphatic carbocycles. The van der Waals surface area contributed by atoms with Gasteiger partial charge in [-0.15, -0.1) is 0 Å². The van der Waals surface area contributed by atoms with E-state index in [1.165, 1.54) is 31.2 Å². The lowest BCUT2D eigenvalue weighted by atomic mass is 10.0. The molecule has 0 radical (unpaired) electrons. The summed E-state index contributed by atoms with van der Waals surface area (Å²) >= 11 is 0. The van der Waals surface area contributed by atoms with Crippen molar-refractivity contribution in [3.8, 4) is 5.75 Å². The maximum atomic E-state index is 12.3. The number of benzene rings is 1. The van der Waals surface area contributed by atoms with Crippen molar-refractivity contribution in [3.05, 3.63) is 29.8 Å². The molecule has 0 aromatic heterocycles. The van der Waals surface area contributed by atoms with Crippen molar-refractivity contribution in [1.82, 2.24) is 4.90 Å². The number of amides is 1. The third kappa shape index (κ3) is 4.71. The zero-order valence-electron chi connectivity index (χ0n) is 13.9. The minimum Gasteiger partial charge on any atom is -0.490 e. The monoisotopic (exact) mass is 316 g/mol. The zero-order chi connectivity index (χ0) is 16.1. The summed E-state index contributed by atoms with van der Waals surface area (Å²) in [7, 11) is 0. The Morgan fingerprint density at radius 1 is 1.17 bits per heavy atom. The van der Waals surface area contributed by atoms with Gasteiger partial charge in [0.15, 0.2) is 0 Å². The van der Waals surface area contributed by atoms with Crippen LogP contribution in [-0.2, 0) is 11.2 Å². The summed E-state index contributed by atoms with van der Waals surface area (Å²) in [5.74, 6) is 1.20. The number of aryl methyl sites for hydroxylation is 1. The molecule has 0 bridgehead atoms. The first kappa shape index (κ1) is 16.3. The number of rotatable bonds is 5. The van der Waals surface area contributed by atoms with Crippen molar-refractivity contribution in [2.45, 2.75) is 63.5 Å². The number of hydrogen-bond acceptors (Lipinski definition) is 3. The molecule has 0 unspecified atom stereocenters. The molecule has 2 N–H and O–H groups in total. The molecule has 3 rings (SSSR count). The summed E-state index contributed by atoms with van der Waals surface area (Å²) in [6.45, 7) is 1.62. The maximum absolute atomic E-state index is 12.3. The molecule has 2 fully saturated rings. The SMILES string of the molecule is NC1CCN(C(=O)CCc2cccc(OC3CCCC3)c2)CC1. The van der Waals surface area contributed by atoms with E-state index in [9.17, 15) is 4.79 Å². The molecule has 4 heteroatoms. The first-order valence-corrected chi connectivity index (χ1v) is 8.99. The lowest BCUT2D eigenvalue weighted by Gasteiger charge is -2.30. The van der Waals surface area contributed by atoms with Crippen LogP contribution < -0.4 is 10.5 Å². The number of nitrogens with two attached hydrogens (primary N) is 1. The molecule has 1 aromatic rings. The first-order valence-electron chi connectivity index (χ1n) is 8.99. The van der Waals surface area contributed by atoms with Crippen LogP contribution in [0.4, 0.5) is 0 Å². The average molecular weight is 316 g/mol. The van der Waals surface area contributed by atoms with Crippen LogP contribution in [0.2, 0.25) is 0 Å². The fourth-order valence-corrected chi connectivity index (χ4v) is 3.53. The van der Waals surface area contributed by atoms with E-state index in [2.05, 4.69) is 12.1 Å². The largest absolute Gasteiger partial charge is 0.490 e. The molecule has 4 nitrogen and oxygen atoms in total. The molecule has 0 spiro atoms. The third-order valence-electron chi connectivity index (χ3n) is 5.02. The quantitative estimate of drug-likeness (QED) is 0.909. The molecule has 1 heterocycles. The number of ether oxygens (including phenoxy) is 1. The molecular weight excluding hydrogens is 288 g/mol. The van der Waals surface area contributed by atoms with E-state index in [0.717, 1.165) is 38.1 Å². The summed E-state index contributed by atoms with van der Waals surface area (Å²) in [5.41, 5.74) is 7.08. The molecular formula is C19H28N2O2. The van der Waals surface area contributed by atoms with Crippen molar-refractivity contribution < 1.29 is 9.53 Å².